The predicted octanol–water partition coefficient (Wildman–Crippen LogP) is 14.4. The van der Waals surface area contributed by atoms with Crippen molar-refractivity contribution in [3.05, 3.63) is 200 Å². The first kappa shape index (κ1) is 19.5. The van der Waals surface area contributed by atoms with Crippen LogP contribution in [0.1, 0.15) is 17.8 Å². The van der Waals surface area contributed by atoms with Gasteiger partial charge in [-0.05, 0) is 98.0 Å². The number of nitrogens with zero attached hydrogens (tertiary/aromatic N) is 1. The average molecular weight is 677 g/mol. The molecule has 10 aromatic rings. The number of benzene rings is 9. The fourth-order valence-corrected chi connectivity index (χ4v) is 6.87. The highest BCUT2D eigenvalue weighted by Crippen LogP contribution is 2.42. The molecule has 52 heavy (non-hydrogen) atoms. The predicted molar refractivity (Wildman–Crippen MR) is 220 cm³/mol. The van der Waals surface area contributed by atoms with Crippen molar-refractivity contribution in [2.24, 2.45) is 0 Å². The van der Waals surface area contributed by atoms with Gasteiger partial charge >= 0.3 is 0 Å². The Bertz CT molecular complexity index is 3570. The Kier molecular flexibility index (Phi) is 4.67. The molecule has 9 aromatic carbocycles. The maximum Gasteiger partial charge on any atom is 0.143 e. The second-order valence-corrected chi connectivity index (χ2v) is 12.3. The molecule has 1 aromatic heterocycles. The molecule has 0 amide bonds. The zero-order chi connectivity index (χ0) is 45.7. The minimum absolute atomic E-state index is 0.0279. The lowest BCUT2D eigenvalue weighted by molar-refractivity contribution is 0.673. The lowest BCUT2D eigenvalue weighted by atomic mass is 9.97. The van der Waals surface area contributed by atoms with E-state index in [9.17, 15) is 11.0 Å². The van der Waals surface area contributed by atoms with Gasteiger partial charge in [-0.1, -0.05) is 151 Å². The average Bonchev–Trinajstić information content (AvgIpc) is 3.72. The van der Waals surface area contributed by atoms with Gasteiger partial charge in [-0.25, -0.2) is 0 Å². The summed E-state index contributed by atoms with van der Waals surface area (Å²) in [7, 11) is 0. The second-order valence-electron chi connectivity index (χ2n) is 12.3. The summed E-state index contributed by atoms with van der Waals surface area (Å²) in [5.41, 5.74) is 1.76. The van der Waals surface area contributed by atoms with Crippen LogP contribution in [0.25, 0.3) is 76.9 Å². The SMILES string of the molecule is [2H]c1c([2H])c([2H])c(-c2c([2H])c([2H])c(N(c3ccc(-c4cccc5oc6c7ccccc7ccc6c45)cc3)c3c([2H])c([2H])c(-c4cccc5ccccc45)c([2H])c3[2H])c([2H])c2[2H])c([2H])c1[2H]. The smallest absolute Gasteiger partial charge is 0.143 e. The van der Waals surface area contributed by atoms with E-state index >= 15 is 0 Å². The van der Waals surface area contributed by atoms with Gasteiger partial charge in [0.1, 0.15) is 11.2 Å². The van der Waals surface area contributed by atoms with E-state index in [1.807, 2.05) is 84.9 Å². The van der Waals surface area contributed by atoms with Gasteiger partial charge in [0.15, 0.2) is 0 Å². The van der Waals surface area contributed by atoms with E-state index in [4.69, 9.17) is 11.3 Å². The molecular formula is C50H33NO. The summed E-state index contributed by atoms with van der Waals surface area (Å²) in [5, 5.41) is 5.28. The molecule has 0 N–H and O–H groups in total. The Labute approximate surface area is 320 Å². The molecule has 2 nitrogen and oxygen atoms in total. The van der Waals surface area contributed by atoms with E-state index in [-0.39, 0.29) is 16.9 Å². The third-order valence-corrected chi connectivity index (χ3v) is 9.30. The van der Waals surface area contributed by atoms with E-state index in [1.54, 1.807) is 36.4 Å². The van der Waals surface area contributed by atoms with Gasteiger partial charge in [0, 0.05) is 33.2 Å². The maximum absolute atomic E-state index is 9.52. The molecule has 0 aliphatic rings. The van der Waals surface area contributed by atoms with Crippen molar-refractivity contribution in [1.29, 1.82) is 0 Å². The first-order valence-corrected chi connectivity index (χ1v) is 16.7. The third-order valence-electron chi connectivity index (χ3n) is 9.30. The van der Waals surface area contributed by atoms with Gasteiger partial charge in [-0.2, -0.15) is 0 Å². The van der Waals surface area contributed by atoms with Crippen molar-refractivity contribution in [1.82, 2.24) is 0 Å². The van der Waals surface area contributed by atoms with Gasteiger partial charge in [-0.3, -0.25) is 0 Å². The largest absolute Gasteiger partial charge is 0.455 e. The lowest BCUT2D eigenvalue weighted by Gasteiger charge is -2.26. The Hall–Kier alpha value is -6.90. The van der Waals surface area contributed by atoms with Crippen LogP contribution < -0.4 is 4.90 Å². The summed E-state index contributed by atoms with van der Waals surface area (Å²) in [6.07, 6.45) is 0. The Morgan fingerprint density at radius 3 is 1.73 bits per heavy atom. The monoisotopic (exact) mass is 676 g/mol. The van der Waals surface area contributed by atoms with Crippen molar-refractivity contribution >= 4 is 60.5 Å². The molecule has 2 heteroatoms. The Morgan fingerprint density at radius 1 is 0.385 bits per heavy atom. The number of anilines is 3. The van der Waals surface area contributed by atoms with E-state index in [0.717, 1.165) is 43.6 Å². The molecule has 0 aliphatic heterocycles. The maximum atomic E-state index is 9.52. The minimum atomic E-state index is -0.741. The van der Waals surface area contributed by atoms with Crippen LogP contribution in [0.15, 0.2) is 204 Å². The van der Waals surface area contributed by atoms with Crippen LogP contribution in [0.2, 0.25) is 0 Å². The molecule has 0 radical (unpaired) electrons. The van der Waals surface area contributed by atoms with Crippen molar-refractivity contribution in [3.8, 4) is 33.4 Å². The summed E-state index contributed by atoms with van der Waals surface area (Å²) >= 11 is 0. The fraction of sp³-hybridized carbons (Fsp3) is 0. The van der Waals surface area contributed by atoms with E-state index in [0.29, 0.717) is 16.5 Å². The van der Waals surface area contributed by atoms with E-state index in [2.05, 4.69) is 0 Å². The highest BCUT2D eigenvalue weighted by Gasteiger charge is 2.17. The fourth-order valence-electron chi connectivity index (χ4n) is 6.87. The van der Waals surface area contributed by atoms with E-state index in [1.165, 1.54) is 4.90 Å². The molecule has 244 valence electrons. The summed E-state index contributed by atoms with van der Waals surface area (Å²) < 4.78 is 123. The van der Waals surface area contributed by atoms with Gasteiger partial charge in [0.2, 0.25) is 0 Å². The van der Waals surface area contributed by atoms with Gasteiger partial charge in [0.25, 0.3) is 0 Å². The molecule has 0 saturated heterocycles. The van der Waals surface area contributed by atoms with Crippen LogP contribution in [-0.2, 0) is 0 Å². The molecule has 0 bridgehead atoms. The molecule has 0 spiro atoms. The third kappa shape index (κ3) is 5.12. The molecular weight excluding hydrogens is 631 g/mol. The van der Waals surface area contributed by atoms with Gasteiger partial charge < -0.3 is 9.32 Å². The van der Waals surface area contributed by atoms with Crippen LogP contribution in [-0.4, -0.2) is 0 Å². The molecule has 0 saturated carbocycles. The number of fused-ring (bicyclic) bond motifs is 6. The van der Waals surface area contributed by atoms with Crippen LogP contribution in [0.5, 0.6) is 0 Å². The topological polar surface area (TPSA) is 16.4 Å². The van der Waals surface area contributed by atoms with Crippen LogP contribution in [0, 0.1) is 0 Å². The Balaban J connectivity index is 1.22. The highest BCUT2D eigenvalue weighted by atomic mass is 16.3. The van der Waals surface area contributed by atoms with Gasteiger partial charge in [0.05, 0.1) is 17.8 Å². The minimum Gasteiger partial charge on any atom is -0.455 e. The van der Waals surface area contributed by atoms with Crippen LogP contribution in [0.3, 0.4) is 0 Å². The highest BCUT2D eigenvalue weighted by molar-refractivity contribution is 6.19. The number of hydrogen-bond donors (Lipinski definition) is 0. The summed E-state index contributed by atoms with van der Waals surface area (Å²) in [4.78, 5) is 1.17. The molecule has 0 fully saturated rings. The van der Waals surface area contributed by atoms with Crippen molar-refractivity contribution in [3.63, 3.8) is 0 Å². The summed E-state index contributed by atoms with van der Waals surface area (Å²) in [6, 6.07) is 29.0. The first-order chi connectivity index (χ1) is 31.2. The quantitative estimate of drug-likeness (QED) is 0.174. The normalized spacial score (nSPS) is 15.0. The summed E-state index contributed by atoms with van der Waals surface area (Å²) in [6.45, 7) is 0. The molecule has 10 rings (SSSR count). The lowest BCUT2D eigenvalue weighted by Crippen LogP contribution is -2.09. The van der Waals surface area contributed by atoms with Crippen molar-refractivity contribution < 1.29 is 22.2 Å². The van der Waals surface area contributed by atoms with Crippen molar-refractivity contribution in [2.45, 2.75) is 0 Å². The molecule has 0 aliphatic carbocycles. The van der Waals surface area contributed by atoms with Crippen molar-refractivity contribution in [2.75, 3.05) is 4.90 Å². The number of hydrogen-bond acceptors (Lipinski definition) is 2. The number of rotatable bonds is 6. The van der Waals surface area contributed by atoms with E-state index < -0.39 is 95.4 Å². The zero-order valence-corrected chi connectivity index (χ0v) is 27.4. The second kappa shape index (κ2) is 12.5. The standard InChI is InChI=1S/C50H33NO/c1-2-10-34(11-3-1)35-20-27-40(28-21-35)51(41-29-22-38(23-30-41)44-17-8-14-36-12-4-6-15-43(36)44)42-31-24-39(25-32-42)45-18-9-19-48-49(45)47-33-26-37-13-5-7-16-46(37)50(47)52-48/h1-33H/i1D,2D,3D,10D,11D,20D,21D,22D,23D,27D,28D,29D,30D. The summed E-state index contributed by atoms with van der Waals surface area (Å²) in [5.74, 6) is 0. The van der Waals surface area contributed by atoms with Crippen LogP contribution in [0.4, 0.5) is 17.1 Å². The molecule has 0 atom stereocenters. The zero-order valence-electron chi connectivity index (χ0n) is 40.4. The van der Waals surface area contributed by atoms with Gasteiger partial charge in [-0.15, -0.1) is 0 Å². The molecule has 0 unspecified atom stereocenters. The number of furan rings is 1. The Morgan fingerprint density at radius 2 is 0.981 bits per heavy atom. The van der Waals surface area contributed by atoms with Crippen LogP contribution >= 0.6 is 0 Å². The first-order valence-electron chi connectivity index (χ1n) is 23.2. The molecule has 1 heterocycles.